The van der Waals surface area contributed by atoms with Crippen molar-refractivity contribution < 1.29 is 61.7 Å². The Kier molecular flexibility index (Phi) is 43.3. The van der Waals surface area contributed by atoms with Gasteiger partial charge >= 0.3 is 25.9 Å². The van der Waals surface area contributed by atoms with Crippen molar-refractivity contribution in [1.82, 2.24) is 10.6 Å². The Hall–Kier alpha value is -4.41. The van der Waals surface area contributed by atoms with E-state index in [1.807, 2.05) is 0 Å². The average Bonchev–Trinajstić information content (AvgIpc) is 3.42. The van der Waals surface area contributed by atoms with Crippen molar-refractivity contribution in [2.45, 2.75) is 232 Å². The van der Waals surface area contributed by atoms with Crippen LogP contribution in [0.4, 0.5) is 16.2 Å². The third kappa shape index (κ3) is 42.5. The van der Waals surface area contributed by atoms with Crippen LogP contribution >= 0.6 is 7.82 Å². The molecule has 2 rings (SSSR count). The van der Waals surface area contributed by atoms with Crippen LogP contribution in [0, 0.1) is 0 Å². The highest BCUT2D eigenvalue weighted by molar-refractivity contribution is 7.47. The van der Waals surface area contributed by atoms with E-state index >= 15 is 0 Å². The molecule has 444 valence electrons. The highest BCUT2D eigenvalue weighted by Gasteiger charge is 2.26. The molecule has 2 aromatic carbocycles. The van der Waals surface area contributed by atoms with Gasteiger partial charge < -0.3 is 39.6 Å². The van der Waals surface area contributed by atoms with Crippen molar-refractivity contribution in [3.05, 3.63) is 54.1 Å². The van der Waals surface area contributed by atoms with E-state index in [9.17, 15) is 33.7 Å². The van der Waals surface area contributed by atoms with Crippen LogP contribution in [0.2, 0.25) is 0 Å². The summed E-state index contributed by atoms with van der Waals surface area (Å²) in [4.78, 5) is 60.4. The van der Waals surface area contributed by atoms with Crippen LogP contribution < -0.4 is 15.7 Å². The molecule has 17 nitrogen and oxygen atoms in total. The fourth-order valence-corrected chi connectivity index (χ4v) is 9.35. The standard InChI is InChI=1S/C60H101N4O13P/c1-3-5-7-9-11-13-15-17-19-21-23-25-27-29-31-33-58(67)74-50-56(77-59(68)34-32-30-28-26-24-22-20-18-16-14-12-10-8-6-4-2)51-76-78(70,71)75-46-44-62-60(69)73-48-47-72-45-43-61-57(66)49-52-35-37-53(38-36-52)63-64-54-39-41-55(65)42-40-54/h35-42,56,65H,3-34,43-51H2,1-2H3,(H,61,66)(H,62,69)(H,70,71)/p-1/t56-/m1/s1. The van der Waals surface area contributed by atoms with Gasteiger partial charge in [0.1, 0.15) is 13.2 Å². The highest BCUT2D eigenvalue weighted by Crippen LogP contribution is 2.43. The fraction of sp³-hybridized carbons (Fsp3) is 0.733. The van der Waals surface area contributed by atoms with Gasteiger partial charge in [-0.1, -0.05) is 218 Å². The van der Waals surface area contributed by atoms with Crippen LogP contribution in [0.3, 0.4) is 0 Å². The molecule has 2 atom stereocenters. The van der Waals surface area contributed by atoms with Crippen molar-refractivity contribution in [1.29, 1.82) is 0 Å². The van der Waals surface area contributed by atoms with Gasteiger partial charge in [-0.25, -0.2) is 9.36 Å². The molecule has 78 heavy (non-hydrogen) atoms. The summed E-state index contributed by atoms with van der Waals surface area (Å²) in [6.07, 6.45) is 34.9. The number of amides is 2. The predicted octanol–water partition coefficient (Wildman–Crippen LogP) is 14.7. The quantitative estimate of drug-likeness (QED) is 0.0184. The van der Waals surface area contributed by atoms with E-state index < -0.39 is 45.2 Å². The summed E-state index contributed by atoms with van der Waals surface area (Å²) in [6.45, 7) is 3.45. The van der Waals surface area contributed by atoms with E-state index in [1.54, 1.807) is 36.4 Å². The minimum Gasteiger partial charge on any atom is -0.872 e. The number of ether oxygens (including phenoxy) is 4. The smallest absolute Gasteiger partial charge is 0.472 e. The van der Waals surface area contributed by atoms with E-state index in [2.05, 4.69) is 34.7 Å². The second-order valence-electron chi connectivity index (χ2n) is 20.4. The summed E-state index contributed by atoms with van der Waals surface area (Å²) in [5.41, 5.74) is 1.94. The van der Waals surface area contributed by atoms with Crippen LogP contribution in [0.1, 0.15) is 225 Å². The van der Waals surface area contributed by atoms with Gasteiger partial charge in [0.25, 0.3) is 0 Å². The molecule has 0 aromatic heterocycles. The number of carbonyl (C=O) groups excluding carboxylic acids is 4. The van der Waals surface area contributed by atoms with Gasteiger partial charge in [-0.2, -0.15) is 10.2 Å². The number of rotatable bonds is 52. The molecule has 0 radical (unpaired) electrons. The van der Waals surface area contributed by atoms with Crippen LogP contribution in [0.25, 0.3) is 0 Å². The number of unbranched alkanes of at least 4 members (excludes halogenated alkanes) is 28. The average molecular weight is 1120 g/mol. The molecule has 18 heteroatoms. The molecule has 0 fully saturated rings. The molecule has 0 bridgehead atoms. The zero-order chi connectivity index (χ0) is 56.4. The summed E-state index contributed by atoms with van der Waals surface area (Å²) in [5.74, 6) is -1.25. The van der Waals surface area contributed by atoms with Gasteiger partial charge in [-0.15, -0.1) is 5.75 Å². The second kappa shape index (κ2) is 48.5. The zero-order valence-electron chi connectivity index (χ0n) is 47.9. The van der Waals surface area contributed by atoms with Crippen molar-refractivity contribution in [3.8, 4) is 5.75 Å². The van der Waals surface area contributed by atoms with Gasteiger partial charge in [-0.05, 0) is 42.7 Å². The van der Waals surface area contributed by atoms with E-state index in [0.717, 1.165) is 44.1 Å². The first-order valence-electron chi connectivity index (χ1n) is 30.0. The number of nitrogens with one attached hydrogen (secondary N) is 2. The maximum absolute atomic E-state index is 12.9. The van der Waals surface area contributed by atoms with Crippen LogP contribution in [0.15, 0.2) is 58.8 Å². The number of nitrogens with zero attached hydrogens (tertiary/aromatic N) is 2. The number of azo groups is 1. The molecular weight excluding hydrogens is 1020 g/mol. The third-order valence-corrected chi connectivity index (χ3v) is 14.2. The molecule has 1 unspecified atom stereocenters. The first kappa shape index (κ1) is 69.7. The van der Waals surface area contributed by atoms with E-state index in [0.29, 0.717) is 24.2 Å². The molecule has 0 aliphatic carbocycles. The largest absolute Gasteiger partial charge is 0.872 e. The maximum Gasteiger partial charge on any atom is 0.472 e. The molecule has 0 saturated heterocycles. The maximum atomic E-state index is 12.9. The molecule has 0 spiro atoms. The number of hydrogen-bond donors (Lipinski definition) is 3. The SMILES string of the molecule is CCCCCCCCCCCCCCCCCC(=O)OC[C@H](COP(=O)(O)OCCNC(=O)OCCOCCNC(=O)Cc1ccc(N=Nc2ccc([O-])cc2)cc1)OC(=O)CCCCCCCCCCCCCCCCC. The number of benzene rings is 2. The summed E-state index contributed by atoms with van der Waals surface area (Å²) in [5, 5.41) is 24.6. The second-order valence-corrected chi connectivity index (χ2v) is 21.8. The van der Waals surface area contributed by atoms with Gasteiger partial charge in [0.05, 0.1) is 44.2 Å². The molecule has 0 aliphatic heterocycles. The summed E-state index contributed by atoms with van der Waals surface area (Å²) < 4.78 is 44.5. The topological polar surface area (TPSA) is 233 Å². The Morgan fingerprint density at radius 1 is 0.513 bits per heavy atom. The van der Waals surface area contributed by atoms with E-state index in [1.165, 1.54) is 153 Å². The van der Waals surface area contributed by atoms with Gasteiger partial charge in [0.15, 0.2) is 6.10 Å². The summed E-state index contributed by atoms with van der Waals surface area (Å²) >= 11 is 0. The number of esters is 2. The minimum atomic E-state index is -4.67. The lowest BCUT2D eigenvalue weighted by Crippen LogP contribution is -2.30. The van der Waals surface area contributed by atoms with E-state index in [4.69, 9.17) is 28.0 Å². The summed E-state index contributed by atoms with van der Waals surface area (Å²) in [6, 6.07) is 13.0. The fourth-order valence-electron chi connectivity index (χ4n) is 8.59. The predicted molar refractivity (Wildman–Crippen MR) is 305 cm³/mol. The molecule has 0 aliphatic rings. The first-order chi connectivity index (χ1) is 38.0. The third-order valence-electron chi connectivity index (χ3n) is 13.2. The van der Waals surface area contributed by atoms with Crippen molar-refractivity contribution >= 4 is 43.1 Å². The highest BCUT2D eigenvalue weighted by atomic mass is 31.2. The Bertz CT molecular complexity index is 1890. The van der Waals surface area contributed by atoms with Crippen molar-refractivity contribution in [2.75, 3.05) is 52.7 Å². The van der Waals surface area contributed by atoms with Gasteiger partial charge in [0.2, 0.25) is 5.91 Å². The molecule has 3 N–H and O–H groups in total. The zero-order valence-corrected chi connectivity index (χ0v) is 48.8. The molecule has 2 amide bonds. The number of hydrogen-bond acceptors (Lipinski definition) is 14. The lowest BCUT2D eigenvalue weighted by Gasteiger charge is -2.20. The summed E-state index contributed by atoms with van der Waals surface area (Å²) in [7, 11) is -4.67. The molecular formula is C60H100N4O13P-. The van der Waals surface area contributed by atoms with E-state index in [-0.39, 0.29) is 70.4 Å². The molecule has 0 heterocycles. The Balaban J connectivity index is 1.62. The minimum absolute atomic E-state index is 0.0660. The Labute approximate surface area is 468 Å². The van der Waals surface area contributed by atoms with Gasteiger partial charge in [-0.3, -0.25) is 23.4 Å². The van der Waals surface area contributed by atoms with Crippen LogP contribution in [-0.2, 0) is 53.4 Å². The monoisotopic (exact) mass is 1120 g/mol. The van der Waals surface area contributed by atoms with Crippen LogP contribution in [0.5, 0.6) is 5.75 Å². The lowest BCUT2D eigenvalue weighted by molar-refractivity contribution is -0.268. The van der Waals surface area contributed by atoms with Crippen molar-refractivity contribution in [2.24, 2.45) is 10.2 Å². The molecule has 0 saturated carbocycles. The lowest BCUT2D eigenvalue weighted by atomic mass is 10.0. The number of alkyl carbamates (subject to hydrolysis) is 1. The van der Waals surface area contributed by atoms with Crippen LogP contribution in [-0.4, -0.2) is 87.7 Å². The first-order valence-corrected chi connectivity index (χ1v) is 31.5. The van der Waals surface area contributed by atoms with Gasteiger partial charge in [0, 0.05) is 25.9 Å². The molecule has 2 aromatic rings. The number of phosphoric acid groups is 1. The van der Waals surface area contributed by atoms with Crippen molar-refractivity contribution in [3.63, 3.8) is 0 Å². The number of phosphoric ester groups is 1. The number of carbonyl (C=O) groups is 4. The normalized spacial score (nSPS) is 12.6. The Morgan fingerprint density at radius 2 is 0.949 bits per heavy atom. The Morgan fingerprint density at radius 3 is 1.44 bits per heavy atom.